The van der Waals surface area contributed by atoms with Gasteiger partial charge in [-0.15, -0.1) is 0 Å². The average molecular weight is 326 g/mol. The van der Waals surface area contributed by atoms with Crippen molar-refractivity contribution >= 4 is 23.2 Å². The highest BCUT2D eigenvalue weighted by atomic mass is 19.1. The summed E-state index contributed by atoms with van der Waals surface area (Å²) in [5, 5.41) is 2.74. The summed E-state index contributed by atoms with van der Waals surface area (Å²) in [5.41, 5.74) is 3.62. The molecule has 1 N–H and O–H groups in total. The van der Waals surface area contributed by atoms with Gasteiger partial charge >= 0.3 is 0 Å². The molecule has 0 aromatic heterocycles. The number of hydrogen-bond acceptors (Lipinski definition) is 2. The van der Waals surface area contributed by atoms with Gasteiger partial charge < -0.3 is 10.2 Å². The van der Waals surface area contributed by atoms with Crippen LogP contribution in [0.3, 0.4) is 0 Å². The van der Waals surface area contributed by atoms with Gasteiger partial charge in [0.2, 0.25) is 11.8 Å². The Morgan fingerprint density at radius 1 is 1.12 bits per heavy atom. The molecule has 1 atom stereocenters. The van der Waals surface area contributed by atoms with Crippen LogP contribution in [0.1, 0.15) is 17.5 Å². The van der Waals surface area contributed by atoms with Crippen molar-refractivity contribution in [3.63, 3.8) is 0 Å². The number of anilines is 2. The molecule has 0 bridgehead atoms. The van der Waals surface area contributed by atoms with Crippen molar-refractivity contribution in [2.24, 2.45) is 5.92 Å². The predicted molar refractivity (Wildman–Crippen MR) is 91.4 cm³/mol. The lowest BCUT2D eigenvalue weighted by Gasteiger charge is -2.18. The van der Waals surface area contributed by atoms with Crippen molar-refractivity contribution in [3.05, 3.63) is 59.4 Å². The largest absolute Gasteiger partial charge is 0.326 e. The minimum absolute atomic E-state index is 0.0579. The number of rotatable bonds is 3. The highest BCUT2D eigenvalue weighted by Gasteiger charge is 2.35. The van der Waals surface area contributed by atoms with E-state index in [2.05, 4.69) is 5.32 Å². The first-order chi connectivity index (χ1) is 11.4. The molecule has 1 fully saturated rings. The molecule has 2 aromatic carbocycles. The van der Waals surface area contributed by atoms with E-state index in [4.69, 9.17) is 0 Å². The maximum atomic E-state index is 12.9. The zero-order valence-electron chi connectivity index (χ0n) is 13.7. The fourth-order valence-electron chi connectivity index (χ4n) is 2.80. The Bertz CT molecular complexity index is 786. The SMILES string of the molecule is Cc1ccc(N2C[C@@H](C(=O)Nc3ccc(F)cc3)CC2=O)cc1C. The minimum Gasteiger partial charge on any atom is -0.326 e. The third-order valence-corrected chi connectivity index (χ3v) is 4.41. The second-order valence-electron chi connectivity index (χ2n) is 6.17. The highest BCUT2D eigenvalue weighted by Crippen LogP contribution is 2.27. The number of nitrogens with one attached hydrogen (secondary N) is 1. The molecule has 1 aliphatic rings. The molecule has 1 aliphatic heterocycles. The Hall–Kier alpha value is -2.69. The van der Waals surface area contributed by atoms with Crippen LogP contribution < -0.4 is 10.2 Å². The zero-order valence-corrected chi connectivity index (χ0v) is 13.7. The number of aryl methyl sites for hydroxylation is 2. The second-order valence-corrected chi connectivity index (χ2v) is 6.17. The number of hydrogen-bond donors (Lipinski definition) is 1. The van der Waals surface area contributed by atoms with Gasteiger partial charge in [-0.1, -0.05) is 6.07 Å². The molecule has 0 unspecified atom stereocenters. The van der Waals surface area contributed by atoms with Crippen molar-refractivity contribution < 1.29 is 14.0 Å². The fourth-order valence-corrected chi connectivity index (χ4v) is 2.80. The third-order valence-electron chi connectivity index (χ3n) is 4.41. The molecule has 0 aliphatic carbocycles. The molecule has 0 radical (unpaired) electrons. The van der Waals surface area contributed by atoms with E-state index in [0.717, 1.165) is 16.8 Å². The topological polar surface area (TPSA) is 49.4 Å². The lowest BCUT2D eigenvalue weighted by molar-refractivity contribution is -0.122. The first kappa shape index (κ1) is 16.2. The summed E-state index contributed by atoms with van der Waals surface area (Å²) in [6, 6.07) is 11.4. The molecule has 24 heavy (non-hydrogen) atoms. The molecule has 2 aromatic rings. The third kappa shape index (κ3) is 3.30. The van der Waals surface area contributed by atoms with Crippen LogP contribution in [0.5, 0.6) is 0 Å². The summed E-state index contributed by atoms with van der Waals surface area (Å²) < 4.78 is 12.9. The van der Waals surface area contributed by atoms with Crippen LogP contribution in [0.4, 0.5) is 15.8 Å². The number of benzene rings is 2. The van der Waals surface area contributed by atoms with E-state index >= 15 is 0 Å². The normalized spacial score (nSPS) is 17.2. The molecule has 124 valence electrons. The molecule has 4 nitrogen and oxygen atoms in total. The number of amides is 2. The molecular formula is C19H19FN2O2. The van der Waals surface area contributed by atoms with Gasteiger partial charge in [-0.2, -0.15) is 0 Å². The van der Waals surface area contributed by atoms with Crippen LogP contribution in [0, 0.1) is 25.6 Å². The van der Waals surface area contributed by atoms with Gasteiger partial charge in [0, 0.05) is 24.3 Å². The lowest BCUT2D eigenvalue weighted by atomic mass is 10.1. The summed E-state index contributed by atoms with van der Waals surface area (Å²) in [7, 11) is 0. The average Bonchev–Trinajstić information content (AvgIpc) is 2.94. The zero-order chi connectivity index (χ0) is 17.3. The Morgan fingerprint density at radius 2 is 1.83 bits per heavy atom. The maximum absolute atomic E-state index is 12.9. The molecule has 3 rings (SSSR count). The lowest BCUT2D eigenvalue weighted by Crippen LogP contribution is -2.28. The molecule has 1 saturated heterocycles. The number of nitrogens with zero attached hydrogens (tertiary/aromatic N) is 1. The molecule has 0 saturated carbocycles. The van der Waals surface area contributed by atoms with E-state index in [-0.39, 0.29) is 24.1 Å². The first-order valence-electron chi connectivity index (χ1n) is 7.88. The standard InChI is InChI=1S/C19H19FN2O2/c1-12-3-8-17(9-13(12)2)22-11-14(10-18(22)23)19(24)21-16-6-4-15(20)5-7-16/h3-9,14H,10-11H2,1-2H3,(H,21,24)/t14-/m0/s1. The van der Waals surface area contributed by atoms with Gasteiger partial charge in [-0.25, -0.2) is 4.39 Å². The first-order valence-corrected chi connectivity index (χ1v) is 7.88. The summed E-state index contributed by atoms with van der Waals surface area (Å²) in [6.07, 6.45) is 0.181. The minimum atomic E-state index is -0.413. The highest BCUT2D eigenvalue weighted by molar-refractivity contribution is 6.03. The van der Waals surface area contributed by atoms with Gasteiger partial charge in [-0.3, -0.25) is 9.59 Å². The van der Waals surface area contributed by atoms with E-state index in [1.807, 2.05) is 32.0 Å². The molecule has 0 spiro atoms. The molecular weight excluding hydrogens is 307 g/mol. The van der Waals surface area contributed by atoms with Gasteiger partial charge in [-0.05, 0) is 61.4 Å². The smallest absolute Gasteiger partial charge is 0.229 e. The number of carbonyl (C=O) groups is 2. The Kier molecular flexibility index (Phi) is 4.34. The van der Waals surface area contributed by atoms with Crippen LogP contribution in [0.25, 0.3) is 0 Å². The van der Waals surface area contributed by atoms with Crippen LogP contribution in [-0.4, -0.2) is 18.4 Å². The number of carbonyl (C=O) groups excluding carboxylic acids is 2. The van der Waals surface area contributed by atoms with E-state index < -0.39 is 5.92 Å². The van der Waals surface area contributed by atoms with Crippen molar-refractivity contribution in [1.82, 2.24) is 0 Å². The summed E-state index contributed by atoms with van der Waals surface area (Å²) >= 11 is 0. The van der Waals surface area contributed by atoms with Crippen molar-refractivity contribution in [2.45, 2.75) is 20.3 Å². The molecule has 1 heterocycles. The van der Waals surface area contributed by atoms with Crippen LogP contribution in [-0.2, 0) is 9.59 Å². The monoisotopic (exact) mass is 326 g/mol. The van der Waals surface area contributed by atoms with E-state index in [0.29, 0.717) is 12.2 Å². The Labute approximate surface area is 140 Å². The van der Waals surface area contributed by atoms with Crippen LogP contribution >= 0.6 is 0 Å². The van der Waals surface area contributed by atoms with Gasteiger partial charge in [0.25, 0.3) is 0 Å². The van der Waals surface area contributed by atoms with E-state index in [1.54, 1.807) is 4.90 Å². The van der Waals surface area contributed by atoms with Crippen molar-refractivity contribution in [3.8, 4) is 0 Å². The van der Waals surface area contributed by atoms with Crippen molar-refractivity contribution in [2.75, 3.05) is 16.8 Å². The van der Waals surface area contributed by atoms with Gasteiger partial charge in [0.1, 0.15) is 5.82 Å². The Balaban J connectivity index is 1.70. The van der Waals surface area contributed by atoms with Crippen molar-refractivity contribution in [1.29, 1.82) is 0 Å². The van der Waals surface area contributed by atoms with E-state index in [1.165, 1.54) is 24.3 Å². The van der Waals surface area contributed by atoms with Gasteiger partial charge in [0.15, 0.2) is 0 Å². The van der Waals surface area contributed by atoms with E-state index in [9.17, 15) is 14.0 Å². The molecule has 5 heteroatoms. The summed E-state index contributed by atoms with van der Waals surface area (Å²) in [5.74, 6) is -1.05. The number of halogens is 1. The quantitative estimate of drug-likeness (QED) is 0.939. The molecule has 2 amide bonds. The maximum Gasteiger partial charge on any atom is 0.229 e. The second kappa shape index (κ2) is 6.43. The van der Waals surface area contributed by atoms with Crippen LogP contribution in [0.2, 0.25) is 0 Å². The van der Waals surface area contributed by atoms with Gasteiger partial charge in [0.05, 0.1) is 5.92 Å². The fraction of sp³-hybridized carbons (Fsp3) is 0.263. The summed E-state index contributed by atoms with van der Waals surface area (Å²) in [4.78, 5) is 26.3. The predicted octanol–water partition coefficient (Wildman–Crippen LogP) is 3.43. The van der Waals surface area contributed by atoms with Crippen LogP contribution in [0.15, 0.2) is 42.5 Å². The summed E-state index contributed by atoms with van der Waals surface area (Å²) in [6.45, 7) is 4.37. The Morgan fingerprint density at radius 3 is 2.50 bits per heavy atom.